The van der Waals surface area contributed by atoms with Gasteiger partial charge in [-0.05, 0) is 37.0 Å². The van der Waals surface area contributed by atoms with Gasteiger partial charge in [0.1, 0.15) is 5.82 Å². The highest BCUT2D eigenvalue weighted by molar-refractivity contribution is 5.86. The van der Waals surface area contributed by atoms with Gasteiger partial charge in [0.25, 0.3) is 0 Å². The Kier molecular flexibility index (Phi) is 5.37. The molecule has 0 radical (unpaired) electrons. The summed E-state index contributed by atoms with van der Waals surface area (Å²) < 4.78 is 18.0. The maximum absolute atomic E-state index is 13.1. The number of methoxy groups -OCH3 is 1. The van der Waals surface area contributed by atoms with E-state index in [0.29, 0.717) is 32.7 Å². The summed E-state index contributed by atoms with van der Waals surface area (Å²) in [6, 6.07) is 6.29. The van der Waals surface area contributed by atoms with Gasteiger partial charge in [0.15, 0.2) is 0 Å². The van der Waals surface area contributed by atoms with Crippen LogP contribution in [0.2, 0.25) is 0 Å². The summed E-state index contributed by atoms with van der Waals surface area (Å²) in [4.78, 5) is 29.0. The van der Waals surface area contributed by atoms with Gasteiger partial charge in [-0.25, -0.2) is 4.39 Å². The van der Waals surface area contributed by atoms with Crippen molar-refractivity contribution in [2.75, 3.05) is 33.4 Å². The summed E-state index contributed by atoms with van der Waals surface area (Å²) in [6.45, 7) is 2.77. The van der Waals surface area contributed by atoms with Crippen LogP contribution in [0.3, 0.4) is 0 Å². The van der Waals surface area contributed by atoms with Crippen LogP contribution in [0.5, 0.6) is 0 Å². The molecule has 1 aromatic rings. The van der Waals surface area contributed by atoms with Crippen LogP contribution in [0.15, 0.2) is 24.3 Å². The SMILES string of the molecule is COCCC(=O)N1CCC2(CCCN(Cc3ccc(F)cc3)C2=O)C1. The Morgan fingerprint density at radius 1 is 1.24 bits per heavy atom. The zero-order chi connectivity index (χ0) is 17.9. The fourth-order valence-corrected chi connectivity index (χ4v) is 3.92. The number of hydrogen-bond acceptors (Lipinski definition) is 3. The van der Waals surface area contributed by atoms with Crippen molar-refractivity contribution < 1.29 is 18.7 Å². The van der Waals surface area contributed by atoms with Crippen molar-refractivity contribution in [3.05, 3.63) is 35.6 Å². The second kappa shape index (κ2) is 7.52. The first-order valence-corrected chi connectivity index (χ1v) is 8.85. The first-order chi connectivity index (χ1) is 12.0. The number of benzene rings is 1. The predicted octanol–water partition coefficient (Wildman–Crippen LogP) is 2.20. The van der Waals surface area contributed by atoms with E-state index in [-0.39, 0.29) is 17.6 Å². The molecule has 3 rings (SSSR count). The molecule has 1 spiro atoms. The van der Waals surface area contributed by atoms with Crippen LogP contribution in [0.4, 0.5) is 4.39 Å². The zero-order valence-electron chi connectivity index (χ0n) is 14.7. The molecule has 0 aliphatic carbocycles. The monoisotopic (exact) mass is 348 g/mol. The van der Waals surface area contributed by atoms with Crippen LogP contribution in [0.1, 0.15) is 31.2 Å². The first-order valence-electron chi connectivity index (χ1n) is 8.85. The number of halogens is 1. The maximum atomic E-state index is 13.1. The number of likely N-dealkylation sites (tertiary alicyclic amines) is 2. The summed E-state index contributed by atoms with van der Waals surface area (Å²) in [7, 11) is 1.58. The molecule has 2 amide bonds. The average molecular weight is 348 g/mol. The first kappa shape index (κ1) is 17.9. The van der Waals surface area contributed by atoms with Crippen molar-refractivity contribution in [3.63, 3.8) is 0 Å². The number of carbonyl (C=O) groups excluding carboxylic acids is 2. The number of piperidine rings is 1. The molecule has 5 nitrogen and oxygen atoms in total. The standard InChI is InChI=1S/C19H25FN2O3/c1-25-12-7-17(23)22-11-9-19(14-22)8-2-10-21(18(19)24)13-15-3-5-16(20)6-4-15/h3-6H,2,7-14H2,1H3. The van der Waals surface area contributed by atoms with Gasteiger partial charge in [0, 0.05) is 33.3 Å². The molecule has 6 heteroatoms. The highest BCUT2D eigenvalue weighted by Gasteiger charge is 2.49. The number of carbonyl (C=O) groups is 2. The van der Waals surface area contributed by atoms with Gasteiger partial charge in [0.2, 0.25) is 11.8 Å². The van der Waals surface area contributed by atoms with E-state index in [0.717, 1.165) is 31.4 Å². The van der Waals surface area contributed by atoms with E-state index >= 15 is 0 Å². The Labute approximate surface area is 147 Å². The fourth-order valence-electron chi connectivity index (χ4n) is 3.92. The summed E-state index contributed by atoms with van der Waals surface area (Å²) >= 11 is 0. The van der Waals surface area contributed by atoms with E-state index in [9.17, 15) is 14.0 Å². The molecular formula is C19H25FN2O3. The Morgan fingerprint density at radius 2 is 2.00 bits per heavy atom. The molecule has 25 heavy (non-hydrogen) atoms. The van der Waals surface area contributed by atoms with Gasteiger partial charge in [-0.1, -0.05) is 12.1 Å². The van der Waals surface area contributed by atoms with E-state index in [1.165, 1.54) is 12.1 Å². The number of ether oxygens (including phenoxy) is 1. The molecule has 2 aliphatic rings. The molecule has 136 valence electrons. The lowest BCUT2D eigenvalue weighted by atomic mass is 9.78. The quantitative estimate of drug-likeness (QED) is 0.820. The third-order valence-corrected chi connectivity index (χ3v) is 5.34. The highest BCUT2D eigenvalue weighted by Crippen LogP contribution is 2.40. The molecule has 2 aliphatic heterocycles. The van der Waals surface area contributed by atoms with Crippen LogP contribution in [0, 0.1) is 11.2 Å². The molecule has 0 saturated carbocycles. The Morgan fingerprint density at radius 3 is 2.72 bits per heavy atom. The fraction of sp³-hybridized carbons (Fsp3) is 0.579. The van der Waals surface area contributed by atoms with Crippen molar-refractivity contribution in [2.45, 2.75) is 32.2 Å². The Bertz CT molecular complexity index is 634. The second-order valence-corrected chi connectivity index (χ2v) is 7.05. The average Bonchev–Trinajstić information content (AvgIpc) is 3.04. The van der Waals surface area contributed by atoms with Gasteiger partial charge >= 0.3 is 0 Å². The van der Waals surface area contributed by atoms with Crippen molar-refractivity contribution in [3.8, 4) is 0 Å². The minimum Gasteiger partial charge on any atom is -0.384 e. The minimum atomic E-state index is -0.443. The minimum absolute atomic E-state index is 0.0576. The largest absolute Gasteiger partial charge is 0.384 e. The molecule has 2 fully saturated rings. The second-order valence-electron chi connectivity index (χ2n) is 7.05. The number of amides is 2. The normalized spacial score (nSPS) is 23.5. The smallest absolute Gasteiger partial charge is 0.230 e. The molecule has 2 saturated heterocycles. The lowest BCUT2D eigenvalue weighted by molar-refractivity contribution is -0.146. The highest BCUT2D eigenvalue weighted by atomic mass is 19.1. The predicted molar refractivity (Wildman–Crippen MR) is 91.2 cm³/mol. The number of rotatable bonds is 5. The van der Waals surface area contributed by atoms with Crippen molar-refractivity contribution >= 4 is 11.8 Å². The van der Waals surface area contributed by atoms with Crippen LogP contribution in [-0.4, -0.2) is 55.0 Å². The Balaban J connectivity index is 1.65. The maximum Gasteiger partial charge on any atom is 0.230 e. The molecule has 0 bridgehead atoms. The molecule has 1 atom stereocenters. The Hall–Kier alpha value is -1.95. The number of nitrogens with zero attached hydrogens (tertiary/aromatic N) is 2. The molecule has 1 aromatic carbocycles. The van der Waals surface area contributed by atoms with Crippen molar-refractivity contribution in [2.24, 2.45) is 5.41 Å². The summed E-state index contributed by atoms with van der Waals surface area (Å²) in [5.74, 6) is -0.0847. The van der Waals surface area contributed by atoms with Crippen LogP contribution in [-0.2, 0) is 20.9 Å². The molecular weight excluding hydrogens is 323 g/mol. The third kappa shape index (κ3) is 3.84. The van der Waals surface area contributed by atoms with Gasteiger partial charge in [-0.15, -0.1) is 0 Å². The van der Waals surface area contributed by atoms with E-state index in [2.05, 4.69) is 0 Å². The summed E-state index contributed by atoms with van der Waals surface area (Å²) in [6.07, 6.45) is 2.86. The van der Waals surface area contributed by atoms with Crippen molar-refractivity contribution in [1.82, 2.24) is 9.80 Å². The summed E-state index contributed by atoms with van der Waals surface area (Å²) in [5.41, 5.74) is 0.485. The number of hydrogen-bond donors (Lipinski definition) is 0. The van der Waals surface area contributed by atoms with Crippen LogP contribution in [0.25, 0.3) is 0 Å². The zero-order valence-corrected chi connectivity index (χ0v) is 14.7. The van der Waals surface area contributed by atoms with Crippen molar-refractivity contribution in [1.29, 1.82) is 0 Å². The molecule has 0 aromatic heterocycles. The van der Waals surface area contributed by atoms with E-state index in [1.807, 2.05) is 4.90 Å². The lowest BCUT2D eigenvalue weighted by Gasteiger charge is -2.39. The van der Waals surface area contributed by atoms with Crippen LogP contribution >= 0.6 is 0 Å². The topological polar surface area (TPSA) is 49.9 Å². The van der Waals surface area contributed by atoms with Crippen LogP contribution < -0.4 is 0 Å². The third-order valence-electron chi connectivity index (χ3n) is 5.34. The van der Waals surface area contributed by atoms with Gasteiger partial charge < -0.3 is 14.5 Å². The van der Waals surface area contributed by atoms with E-state index < -0.39 is 5.41 Å². The molecule has 0 N–H and O–H groups in total. The van der Waals surface area contributed by atoms with Gasteiger partial charge in [-0.3, -0.25) is 9.59 Å². The summed E-state index contributed by atoms with van der Waals surface area (Å²) in [5, 5.41) is 0. The van der Waals surface area contributed by atoms with Gasteiger partial charge in [-0.2, -0.15) is 0 Å². The van der Waals surface area contributed by atoms with E-state index in [4.69, 9.17) is 4.74 Å². The molecule has 2 heterocycles. The molecule has 1 unspecified atom stereocenters. The lowest BCUT2D eigenvalue weighted by Crippen LogP contribution is -2.50. The van der Waals surface area contributed by atoms with E-state index in [1.54, 1.807) is 24.1 Å². The van der Waals surface area contributed by atoms with Gasteiger partial charge in [0.05, 0.1) is 18.4 Å².